The Morgan fingerprint density at radius 2 is 1.45 bits per heavy atom. The van der Waals surface area contributed by atoms with Gasteiger partial charge in [-0.3, -0.25) is 0 Å². The molecule has 0 atom stereocenters. The van der Waals surface area contributed by atoms with E-state index in [1.54, 1.807) is 48.5 Å². The van der Waals surface area contributed by atoms with Gasteiger partial charge in [-0.15, -0.1) is 0 Å². The van der Waals surface area contributed by atoms with Crippen LogP contribution >= 0.6 is 0 Å². The average molecular weight is 442 g/mol. The van der Waals surface area contributed by atoms with Crippen molar-refractivity contribution in [3.05, 3.63) is 78.4 Å². The molecule has 0 aliphatic carbocycles. The van der Waals surface area contributed by atoms with Crippen LogP contribution in [0.25, 0.3) is 33.2 Å². The number of benzene rings is 3. The number of alkyl halides is 3. The van der Waals surface area contributed by atoms with Crippen LogP contribution < -0.4 is 5.73 Å². The van der Waals surface area contributed by atoms with E-state index in [9.17, 15) is 21.6 Å². The number of aromatic nitrogens is 1. The average Bonchev–Trinajstić information content (AvgIpc) is 2.71. The second-order valence-corrected chi connectivity index (χ2v) is 9.19. The molecule has 0 aliphatic rings. The van der Waals surface area contributed by atoms with E-state index in [1.807, 2.05) is 0 Å². The molecular weight excluding hydrogens is 425 g/mol. The number of nitrogen functional groups attached to an aromatic ring is 1. The lowest BCUT2D eigenvalue weighted by Crippen LogP contribution is -2.07. The van der Waals surface area contributed by atoms with Crippen LogP contribution in [0.15, 0.2) is 77.7 Å². The molecule has 158 valence electrons. The number of halogens is 3. The number of para-hydroxylation sites is 1. The quantitative estimate of drug-likeness (QED) is 0.450. The molecule has 0 saturated carbocycles. The zero-order valence-corrected chi connectivity index (χ0v) is 17.1. The van der Waals surface area contributed by atoms with Gasteiger partial charge in [-0.1, -0.05) is 42.5 Å². The van der Waals surface area contributed by atoms with Gasteiger partial charge >= 0.3 is 6.18 Å². The summed E-state index contributed by atoms with van der Waals surface area (Å²) in [4.78, 5) is 4.12. The van der Waals surface area contributed by atoms with Gasteiger partial charge in [0.15, 0.2) is 9.84 Å². The van der Waals surface area contributed by atoms with E-state index in [0.717, 1.165) is 17.9 Å². The monoisotopic (exact) mass is 442 g/mol. The second kappa shape index (κ2) is 7.39. The maximum absolute atomic E-state index is 13.5. The zero-order valence-electron chi connectivity index (χ0n) is 16.3. The molecule has 1 aromatic heterocycles. The minimum Gasteiger partial charge on any atom is -0.384 e. The lowest BCUT2D eigenvalue weighted by Gasteiger charge is -2.14. The van der Waals surface area contributed by atoms with Gasteiger partial charge in [-0.25, -0.2) is 13.4 Å². The highest BCUT2D eigenvalue weighted by atomic mass is 32.2. The Labute approximate surface area is 177 Å². The van der Waals surface area contributed by atoms with Crippen molar-refractivity contribution in [3.63, 3.8) is 0 Å². The molecule has 0 amide bonds. The standard InChI is InChI=1S/C23H17F3N2O2S/c1-31(29,30)17-8-3-6-15(12-17)14-5-2-7-16(11-14)19-13-21(27)28-22-18(19)9-4-10-20(22)23(24,25)26/h2-13H,1H3,(H2,27,28). The van der Waals surface area contributed by atoms with Crippen LogP contribution in [-0.4, -0.2) is 19.7 Å². The highest BCUT2D eigenvalue weighted by molar-refractivity contribution is 7.90. The number of fused-ring (bicyclic) bond motifs is 1. The maximum Gasteiger partial charge on any atom is 0.418 e. The number of pyridine rings is 1. The molecule has 4 rings (SSSR count). The van der Waals surface area contributed by atoms with Gasteiger partial charge in [0.05, 0.1) is 16.0 Å². The predicted octanol–water partition coefficient (Wildman–Crippen LogP) is 5.57. The molecule has 4 nitrogen and oxygen atoms in total. The van der Waals surface area contributed by atoms with Crippen LogP contribution in [0.5, 0.6) is 0 Å². The van der Waals surface area contributed by atoms with Crippen LogP contribution in [0.2, 0.25) is 0 Å². The third-order valence-electron chi connectivity index (χ3n) is 4.93. The fourth-order valence-electron chi connectivity index (χ4n) is 3.51. The molecule has 0 bridgehead atoms. The van der Waals surface area contributed by atoms with Crippen molar-refractivity contribution in [3.8, 4) is 22.3 Å². The molecular formula is C23H17F3N2O2S. The fraction of sp³-hybridized carbons (Fsp3) is 0.0870. The van der Waals surface area contributed by atoms with Crippen LogP contribution in [0.1, 0.15) is 5.56 Å². The smallest absolute Gasteiger partial charge is 0.384 e. The minimum absolute atomic E-state index is 0.0244. The van der Waals surface area contributed by atoms with Gasteiger partial charge in [-0.2, -0.15) is 13.2 Å². The largest absolute Gasteiger partial charge is 0.418 e. The molecule has 0 aliphatic heterocycles. The fourth-order valence-corrected chi connectivity index (χ4v) is 4.18. The van der Waals surface area contributed by atoms with Crippen molar-refractivity contribution in [2.45, 2.75) is 11.1 Å². The van der Waals surface area contributed by atoms with Gasteiger partial charge in [0.2, 0.25) is 0 Å². The summed E-state index contributed by atoms with van der Waals surface area (Å²) in [6.45, 7) is 0. The number of hydrogen-bond donors (Lipinski definition) is 1. The number of sulfone groups is 1. The molecule has 31 heavy (non-hydrogen) atoms. The van der Waals surface area contributed by atoms with E-state index in [1.165, 1.54) is 18.2 Å². The molecule has 8 heteroatoms. The van der Waals surface area contributed by atoms with Crippen LogP contribution in [0.4, 0.5) is 19.0 Å². The lowest BCUT2D eigenvalue weighted by atomic mass is 9.95. The van der Waals surface area contributed by atoms with Gasteiger partial charge in [0.25, 0.3) is 0 Å². The normalized spacial score (nSPS) is 12.3. The lowest BCUT2D eigenvalue weighted by molar-refractivity contribution is -0.136. The minimum atomic E-state index is -4.56. The molecule has 4 aromatic rings. The van der Waals surface area contributed by atoms with Crippen LogP contribution in [-0.2, 0) is 16.0 Å². The number of nitrogens with zero attached hydrogens (tertiary/aromatic N) is 1. The summed E-state index contributed by atoms with van der Waals surface area (Å²) in [5.74, 6) is -0.0244. The van der Waals surface area contributed by atoms with Crippen molar-refractivity contribution in [1.29, 1.82) is 0 Å². The molecule has 3 aromatic carbocycles. The van der Waals surface area contributed by atoms with Crippen molar-refractivity contribution in [2.75, 3.05) is 12.0 Å². The first kappa shape index (κ1) is 20.9. The molecule has 0 saturated heterocycles. The van der Waals surface area contributed by atoms with Crippen LogP contribution in [0.3, 0.4) is 0 Å². The summed E-state index contributed by atoms with van der Waals surface area (Å²) >= 11 is 0. The number of hydrogen-bond acceptors (Lipinski definition) is 4. The third kappa shape index (κ3) is 4.11. The summed E-state index contributed by atoms with van der Waals surface area (Å²) < 4.78 is 64.2. The van der Waals surface area contributed by atoms with Crippen LogP contribution in [0, 0.1) is 0 Å². The Morgan fingerprint density at radius 3 is 2.13 bits per heavy atom. The highest BCUT2D eigenvalue weighted by Gasteiger charge is 2.33. The first-order valence-corrected chi connectivity index (χ1v) is 11.1. The van der Waals surface area contributed by atoms with Gasteiger partial charge < -0.3 is 5.73 Å². The van der Waals surface area contributed by atoms with Crippen molar-refractivity contribution in [1.82, 2.24) is 4.98 Å². The molecule has 0 spiro atoms. The predicted molar refractivity (Wildman–Crippen MR) is 115 cm³/mol. The number of nitrogens with two attached hydrogens (primary N) is 1. The first-order valence-electron chi connectivity index (χ1n) is 9.21. The second-order valence-electron chi connectivity index (χ2n) is 7.17. The SMILES string of the molecule is CS(=O)(=O)c1cccc(-c2cccc(-c3cc(N)nc4c(C(F)(F)F)cccc34)c2)c1. The van der Waals surface area contributed by atoms with E-state index >= 15 is 0 Å². The summed E-state index contributed by atoms with van der Waals surface area (Å²) in [6.07, 6.45) is -3.43. The highest BCUT2D eigenvalue weighted by Crippen LogP contribution is 2.38. The topological polar surface area (TPSA) is 73.0 Å². The molecule has 0 unspecified atom stereocenters. The number of rotatable bonds is 3. The van der Waals surface area contributed by atoms with Crippen molar-refractivity contribution >= 4 is 26.6 Å². The van der Waals surface area contributed by atoms with E-state index in [-0.39, 0.29) is 16.2 Å². The Hall–Kier alpha value is -3.39. The molecule has 2 N–H and O–H groups in total. The summed E-state index contributed by atoms with van der Waals surface area (Å²) in [6, 6.07) is 19.0. The maximum atomic E-state index is 13.5. The Morgan fingerprint density at radius 1 is 0.839 bits per heavy atom. The molecule has 1 heterocycles. The van der Waals surface area contributed by atoms with E-state index < -0.39 is 21.6 Å². The summed E-state index contributed by atoms with van der Waals surface area (Å²) in [7, 11) is -3.38. The molecule has 0 radical (unpaired) electrons. The van der Waals surface area contributed by atoms with E-state index in [4.69, 9.17) is 5.73 Å². The summed E-state index contributed by atoms with van der Waals surface area (Å²) in [5.41, 5.74) is 7.32. The van der Waals surface area contributed by atoms with Crippen molar-refractivity contribution in [2.24, 2.45) is 0 Å². The first-order chi connectivity index (χ1) is 14.5. The Kier molecular flexibility index (Phi) is 4.97. The van der Waals surface area contributed by atoms with Gasteiger partial charge in [0, 0.05) is 11.6 Å². The Bertz CT molecular complexity index is 1410. The van der Waals surface area contributed by atoms with Gasteiger partial charge in [-0.05, 0) is 52.6 Å². The van der Waals surface area contributed by atoms with Gasteiger partial charge in [0.1, 0.15) is 5.82 Å². The van der Waals surface area contributed by atoms with Crippen molar-refractivity contribution < 1.29 is 21.6 Å². The molecule has 0 fully saturated rings. The van der Waals surface area contributed by atoms with E-state index in [2.05, 4.69) is 4.98 Å². The zero-order chi connectivity index (χ0) is 22.4. The Balaban J connectivity index is 1.91. The third-order valence-corrected chi connectivity index (χ3v) is 6.04. The summed E-state index contributed by atoms with van der Waals surface area (Å²) in [5, 5.41) is 0.325. The number of anilines is 1. The van der Waals surface area contributed by atoms with E-state index in [0.29, 0.717) is 22.1 Å².